The van der Waals surface area contributed by atoms with Crippen molar-refractivity contribution >= 4 is 5.91 Å². The fourth-order valence-electron chi connectivity index (χ4n) is 2.57. The van der Waals surface area contributed by atoms with Crippen molar-refractivity contribution in [1.82, 2.24) is 10.3 Å². The van der Waals surface area contributed by atoms with Crippen LogP contribution in [0.25, 0.3) is 11.5 Å². The van der Waals surface area contributed by atoms with Crippen LogP contribution in [0.4, 0.5) is 0 Å². The average molecular weight is 286 g/mol. The molecule has 1 saturated carbocycles. The average Bonchev–Trinajstić information content (AvgIpc) is 3.18. The Bertz CT molecular complexity index is 613. The highest BCUT2D eigenvalue weighted by molar-refractivity contribution is 5.92. The standard InChI is InChI=1S/C16H18N2O3/c1-20-13-8-6-11(7-9-13)16-18-14(10-21-16)15(19)17-12-4-2-3-5-12/h6-10,12H,2-5H2,1H3,(H,17,19). The second-order valence-corrected chi connectivity index (χ2v) is 5.22. The Labute approximate surface area is 123 Å². The van der Waals surface area contributed by atoms with Gasteiger partial charge in [-0.15, -0.1) is 0 Å². The first-order chi connectivity index (χ1) is 10.3. The van der Waals surface area contributed by atoms with Crippen LogP contribution in [0.15, 0.2) is 34.9 Å². The number of hydrogen-bond donors (Lipinski definition) is 1. The molecule has 5 nitrogen and oxygen atoms in total. The number of rotatable bonds is 4. The minimum atomic E-state index is -0.162. The monoisotopic (exact) mass is 286 g/mol. The number of carbonyl (C=O) groups excluding carboxylic acids is 1. The topological polar surface area (TPSA) is 64.4 Å². The predicted molar refractivity (Wildman–Crippen MR) is 78.2 cm³/mol. The Hall–Kier alpha value is -2.30. The third-order valence-corrected chi connectivity index (χ3v) is 3.76. The van der Waals surface area contributed by atoms with E-state index < -0.39 is 0 Å². The van der Waals surface area contributed by atoms with Gasteiger partial charge in [-0.3, -0.25) is 4.79 Å². The van der Waals surface area contributed by atoms with E-state index in [2.05, 4.69) is 10.3 Å². The van der Waals surface area contributed by atoms with E-state index in [1.54, 1.807) is 7.11 Å². The van der Waals surface area contributed by atoms with Gasteiger partial charge in [0.25, 0.3) is 5.91 Å². The van der Waals surface area contributed by atoms with Crippen molar-refractivity contribution in [3.05, 3.63) is 36.2 Å². The van der Waals surface area contributed by atoms with Crippen molar-refractivity contribution in [2.24, 2.45) is 0 Å². The number of nitrogens with zero attached hydrogens (tertiary/aromatic N) is 1. The molecule has 0 spiro atoms. The molecule has 1 N–H and O–H groups in total. The first-order valence-corrected chi connectivity index (χ1v) is 7.17. The highest BCUT2D eigenvalue weighted by Crippen LogP contribution is 2.22. The number of carbonyl (C=O) groups is 1. The maximum absolute atomic E-state index is 12.1. The van der Waals surface area contributed by atoms with Crippen LogP contribution in [0.1, 0.15) is 36.2 Å². The number of ether oxygens (including phenoxy) is 1. The van der Waals surface area contributed by atoms with E-state index >= 15 is 0 Å². The summed E-state index contributed by atoms with van der Waals surface area (Å²) in [6.45, 7) is 0. The minimum Gasteiger partial charge on any atom is -0.497 e. The van der Waals surface area contributed by atoms with Gasteiger partial charge in [0.15, 0.2) is 5.69 Å². The molecule has 0 radical (unpaired) electrons. The van der Waals surface area contributed by atoms with Gasteiger partial charge in [0.05, 0.1) is 7.11 Å². The summed E-state index contributed by atoms with van der Waals surface area (Å²) in [5.41, 5.74) is 1.14. The minimum absolute atomic E-state index is 0.162. The SMILES string of the molecule is COc1ccc(-c2nc(C(=O)NC3CCCC3)co2)cc1. The number of benzene rings is 1. The third-order valence-electron chi connectivity index (χ3n) is 3.76. The third kappa shape index (κ3) is 3.07. The first-order valence-electron chi connectivity index (χ1n) is 7.17. The lowest BCUT2D eigenvalue weighted by Crippen LogP contribution is -2.32. The molecule has 1 aliphatic rings. The van der Waals surface area contributed by atoms with E-state index in [0.29, 0.717) is 11.6 Å². The molecule has 0 saturated heterocycles. The van der Waals surface area contributed by atoms with Crippen molar-refractivity contribution in [3.63, 3.8) is 0 Å². The summed E-state index contributed by atoms with van der Waals surface area (Å²) in [7, 11) is 1.62. The van der Waals surface area contributed by atoms with E-state index in [0.717, 1.165) is 24.2 Å². The predicted octanol–water partition coefficient (Wildman–Crippen LogP) is 3.02. The summed E-state index contributed by atoms with van der Waals surface area (Å²) in [6, 6.07) is 7.64. The number of oxazole rings is 1. The Morgan fingerprint density at radius 1 is 1.29 bits per heavy atom. The van der Waals surface area contributed by atoms with Gasteiger partial charge >= 0.3 is 0 Å². The molecule has 0 bridgehead atoms. The van der Waals surface area contributed by atoms with Gasteiger partial charge in [-0.05, 0) is 37.1 Å². The van der Waals surface area contributed by atoms with Gasteiger partial charge in [0, 0.05) is 11.6 Å². The summed E-state index contributed by atoms with van der Waals surface area (Å²) >= 11 is 0. The Morgan fingerprint density at radius 3 is 2.67 bits per heavy atom. The normalized spacial score (nSPS) is 15.1. The smallest absolute Gasteiger partial charge is 0.273 e. The van der Waals surface area contributed by atoms with Gasteiger partial charge in [-0.1, -0.05) is 12.8 Å². The molecule has 21 heavy (non-hydrogen) atoms. The van der Waals surface area contributed by atoms with Crippen LogP contribution in [-0.4, -0.2) is 24.0 Å². The zero-order valence-corrected chi connectivity index (χ0v) is 12.0. The van der Waals surface area contributed by atoms with Gasteiger partial charge in [-0.2, -0.15) is 0 Å². The van der Waals surface area contributed by atoms with E-state index in [9.17, 15) is 4.79 Å². The molecule has 1 heterocycles. The van der Waals surface area contributed by atoms with Crippen molar-refractivity contribution in [1.29, 1.82) is 0 Å². The number of methoxy groups -OCH3 is 1. The molecule has 1 aromatic heterocycles. The fourth-order valence-corrected chi connectivity index (χ4v) is 2.57. The highest BCUT2D eigenvalue weighted by atomic mass is 16.5. The molecule has 110 valence electrons. The molecule has 2 aromatic rings. The van der Waals surface area contributed by atoms with Crippen molar-refractivity contribution in [2.75, 3.05) is 7.11 Å². The summed E-state index contributed by atoms with van der Waals surface area (Å²) in [5, 5.41) is 3.00. The summed E-state index contributed by atoms with van der Waals surface area (Å²) < 4.78 is 10.5. The summed E-state index contributed by atoms with van der Waals surface area (Å²) in [6.07, 6.45) is 5.87. The second kappa shape index (κ2) is 5.99. The summed E-state index contributed by atoms with van der Waals surface area (Å²) in [4.78, 5) is 16.4. The number of amides is 1. The van der Waals surface area contributed by atoms with E-state index in [-0.39, 0.29) is 11.9 Å². The van der Waals surface area contributed by atoms with Crippen LogP contribution in [-0.2, 0) is 0 Å². The number of nitrogens with one attached hydrogen (secondary N) is 1. The van der Waals surface area contributed by atoms with Crippen molar-refractivity contribution in [2.45, 2.75) is 31.7 Å². The lowest BCUT2D eigenvalue weighted by molar-refractivity contribution is 0.0933. The van der Waals surface area contributed by atoms with E-state index in [1.807, 2.05) is 24.3 Å². The van der Waals surface area contributed by atoms with Gasteiger partial charge in [0.1, 0.15) is 12.0 Å². The molecular weight excluding hydrogens is 268 g/mol. The van der Waals surface area contributed by atoms with Crippen LogP contribution in [0.3, 0.4) is 0 Å². The van der Waals surface area contributed by atoms with Crippen molar-refractivity contribution in [3.8, 4) is 17.2 Å². The lowest BCUT2D eigenvalue weighted by atomic mass is 10.2. The Kier molecular flexibility index (Phi) is 3.90. The van der Waals surface area contributed by atoms with Crippen LogP contribution in [0.5, 0.6) is 5.75 Å². The Morgan fingerprint density at radius 2 is 2.00 bits per heavy atom. The van der Waals surface area contributed by atoms with Crippen LogP contribution < -0.4 is 10.1 Å². The molecule has 1 fully saturated rings. The maximum atomic E-state index is 12.1. The Balaban J connectivity index is 1.71. The molecule has 1 aliphatic carbocycles. The number of hydrogen-bond acceptors (Lipinski definition) is 4. The molecule has 5 heteroatoms. The maximum Gasteiger partial charge on any atom is 0.273 e. The molecule has 1 aromatic carbocycles. The van der Waals surface area contributed by atoms with Crippen molar-refractivity contribution < 1.29 is 13.9 Å². The van der Waals surface area contributed by atoms with Gasteiger partial charge in [-0.25, -0.2) is 4.98 Å². The number of aromatic nitrogens is 1. The largest absolute Gasteiger partial charge is 0.497 e. The molecule has 3 rings (SSSR count). The van der Waals surface area contributed by atoms with E-state index in [1.165, 1.54) is 19.1 Å². The zero-order chi connectivity index (χ0) is 14.7. The van der Waals surface area contributed by atoms with Gasteiger partial charge in [0.2, 0.25) is 5.89 Å². The zero-order valence-electron chi connectivity index (χ0n) is 12.0. The van der Waals surface area contributed by atoms with Crippen LogP contribution in [0, 0.1) is 0 Å². The first kappa shape index (κ1) is 13.7. The molecular formula is C16H18N2O3. The molecule has 0 aliphatic heterocycles. The lowest BCUT2D eigenvalue weighted by Gasteiger charge is -2.09. The quantitative estimate of drug-likeness (QED) is 0.938. The van der Waals surface area contributed by atoms with Gasteiger partial charge < -0.3 is 14.5 Å². The summed E-state index contributed by atoms with van der Waals surface area (Å²) in [5.74, 6) is 1.05. The van der Waals surface area contributed by atoms with Crippen LogP contribution in [0.2, 0.25) is 0 Å². The highest BCUT2D eigenvalue weighted by Gasteiger charge is 2.20. The molecule has 0 unspecified atom stereocenters. The molecule has 0 atom stereocenters. The second-order valence-electron chi connectivity index (χ2n) is 5.22. The van der Waals surface area contributed by atoms with Crippen LogP contribution >= 0.6 is 0 Å². The van der Waals surface area contributed by atoms with E-state index in [4.69, 9.17) is 9.15 Å². The fraction of sp³-hybridized carbons (Fsp3) is 0.375. The molecule has 1 amide bonds.